The summed E-state index contributed by atoms with van der Waals surface area (Å²) in [5.74, 6) is -2.79. The van der Waals surface area contributed by atoms with Gasteiger partial charge in [-0.1, -0.05) is 75.4 Å². The van der Waals surface area contributed by atoms with Gasteiger partial charge in [0.1, 0.15) is 42.4 Å². The van der Waals surface area contributed by atoms with Gasteiger partial charge in [0.05, 0.1) is 36.9 Å². The van der Waals surface area contributed by atoms with Crippen molar-refractivity contribution in [1.82, 2.24) is 9.80 Å². The van der Waals surface area contributed by atoms with Crippen LogP contribution in [0.1, 0.15) is 105 Å². The minimum atomic E-state index is -1.50. The van der Waals surface area contributed by atoms with Crippen LogP contribution in [0.4, 0.5) is 0 Å². The van der Waals surface area contributed by atoms with Gasteiger partial charge in [-0.3, -0.25) is 14.4 Å². The maximum absolute atomic E-state index is 14.2. The van der Waals surface area contributed by atoms with E-state index in [0.29, 0.717) is 32.4 Å². The second-order valence-corrected chi connectivity index (χ2v) is 19.9. The van der Waals surface area contributed by atoms with Crippen molar-refractivity contribution in [2.24, 2.45) is 11.8 Å². The molecule has 0 aliphatic carbocycles. The summed E-state index contributed by atoms with van der Waals surface area (Å²) in [4.78, 5) is 56.0. The number of carbonyl (C=O) groups is 4. The van der Waals surface area contributed by atoms with Crippen LogP contribution in [-0.2, 0) is 57.1 Å². The third kappa shape index (κ3) is 15.3. The Labute approximate surface area is 414 Å². The molecular formula is C53H80N2O15. The Morgan fingerprint density at radius 2 is 1.63 bits per heavy atom. The standard InChI is InChI=1S/C53H80N2O15/c1-11-42(58)67-41-29-44(60)66-38(22-16-21-36-20-15-19-35-18-13-14-24-39(35)36)23-17-26-55(9)31-40(57)32(3)28-37(25-27-56)49(50(41)63-10)70-52-47(61)46(54(7)8)48(33(4)65-52)69-45-30-53(6,62)51(34(5)64-45)68-43(59)12-2/h13-16,18-21,24,27,32-34,37-38,40-41,45-52,57,61-62H,11-12,17,22-23,25-26,28-31H2,1-10H3/b21-16+/t32-,33?,34?,37+,38+,40+,41-,45+,46?,47?,48-,49+,50+,51+,52+,53?/m1/s1. The van der Waals surface area contributed by atoms with E-state index in [4.69, 9.17) is 37.9 Å². The first-order chi connectivity index (χ1) is 33.3. The first kappa shape index (κ1) is 57.0. The number of aldehydes is 1. The molecule has 3 heterocycles. The first-order valence-electron chi connectivity index (χ1n) is 25.0. The zero-order valence-corrected chi connectivity index (χ0v) is 42.8. The molecule has 17 heteroatoms. The Morgan fingerprint density at radius 1 is 0.929 bits per heavy atom. The lowest BCUT2D eigenvalue weighted by Crippen LogP contribution is -2.66. The molecule has 0 amide bonds. The number of nitrogens with zero attached hydrogens (tertiary/aromatic N) is 2. The molecule has 3 aliphatic heterocycles. The van der Waals surface area contributed by atoms with E-state index in [1.54, 1.807) is 53.6 Å². The fraction of sp³-hybridized carbons (Fsp3) is 0.698. The number of rotatable bonds is 15. The zero-order chi connectivity index (χ0) is 51.3. The molecule has 5 rings (SSSR count). The number of carbonyl (C=O) groups excluding carboxylic acids is 4. The molecule has 3 N–H and O–H groups in total. The summed E-state index contributed by atoms with van der Waals surface area (Å²) in [6.45, 7) is 11.1. The minimum Gasteiger partial charge on any atom is -0.462 e. The number of benzene rings is 2. The van der Waals surface area contributed by atoms with E-state index in [1.807, 2.05) is 55.3 Å². The minimum absolute atomic E-state index is 0.0130. The average Bonchev–Trinajstić information content (AvgIpc) is 3.30. The molecule has 2 aromatic carbocycles. The molecule has 0 radical (unpaired) electrons. The molecular weight excluding hydrogens is 905 g/mol. The Bertz CT molecular complexity index is 2010. The predicted molar refractivity (Wildman–Crippen MR) is 261 cm³/mol. The number of β-amino-alcohol motifs (C(OH)–C–C–N with tert-alkyl or cyclic N) is 1. The molecule has 70 heavy (non-hydrogen) atoms. The molecule has 0 saturated carbocycles. The maximum Gasteiger partial charge on any atom is 0.309 e. The van der Waals surface area contributed by atoms with Crippen molar-refractivity contribution in [3.8, 4) is 0 Å². The number of hydrogen-bond donors (Lipinski definition) is 3. The Balaban J connectivity index is 1.45. The number of aliphatic hydroxyl groups excluding tert-OH is 2. The number of fused-ring (bicyclic) bond motifs is 1. The van der Waals surface area contributed by atoms with Crippen LogP contribution in [-0.4, -0.2) is 176 Å². The van der Waals surface area contributed by atoms with Gasteiger partial charge in [-0.25, -0.2) is 0 Å². The van der Waals surface area contributed by atoms with E-state index >= 15 is 0 Å². The zero-order valence-electron chi connectivity index (χ0n) is 42.8. The molecule has 392 valence electrons. The average molecular weight is 985 g/mol. The highest BCUT2D eigenvalue weighted by Crippen LogP contribution is 2.38. The monoisotopic (exact) mass is 985 g/mol. The van der Waals surface area contributed by atoms with E-state index in [2.05, 4.69) is 18.2 Å². The lowest BCUT2D eigenvalue weighted by Gasteiger charge is -2.50. The summed E-state index contributed by atoms with van der Waals surface area (Å²) in [5, 5.41) is 37.6. The van der Waals surface area contributed by atoms with E-state index < -0.39 is 116 Å². The largest absolute Gasteiger partial charge is 0.462 e. The van der Waals surface area contributed by atoms with Gasteiger partial charge in [-0.2, -0.15) is 0 Å². The van der Waals surface area contributed by atoms with Gasteiger partial charge in [-0.05, 0) is 95.9 Å². The molecule has 3 fully saturated rings. The second kappa shape index (κ2) is 26.7. The van der Waals surface area contributed by atoms with Crippen molar-refractivity contribution in [1.29, 1.82) is 0 Å². The fourth-order valence-corrected chi connectivity index (χ4v) is 10.2. The topological polar surface area (TPSA) is 209 Å². The van der Waals surface area contributed by atoms with Gasteiger partial charge >= 0.3 is 17.9 Å². The Hall–Kier alpha value is -3.88. The molecule has 16 atom stereocenters. The summed E-state index contributed by atoms with van der Waals surface area (Å²) >= 11 is 0. The number of aliphatic hydroxyl groups is 3. The van der Waals surface area contributed by atoms with Gasteiger partial charge in [0, 0.05) is 45.8 Å². The molecule has 3 saturated heterocycles. The molecule has 0 spiro atoms. The smallest absolute Gasteiger partial charge is 0.309 e. The Morgan fingerprint density at radius 3 is 2.30 bits per heavy atom. The van der Waals surface area contributed by atoms with Gasteiger partial charge in [-0.15, -0.1) is 0 Å². The van der Waals surface area contributed by atoms with E-state index in [9.17, 15) is 34.5 Å². The number of esters is 3. The summed E-state index contributed by atoms with van der Waals surface area (Å²) in [6, 6.07) is 13.4. The second-order valence-electron chi connectivity index (χ2n) is 19.9. The number of ether oxygens (including phenoxy) is 8. The van der Waals surface area contributed by atoms with Gasteiger partial charge in [0.15, 0.2) is 18.7 Å². The van der Waals surface area contributed by atoms with Crippen LogP contribution < -0.4 is 0 Å². The maximum atomic E-state index is 14.2. The van der Waals surface area contributed by atoms with Gasteiger partial charge in [0.25, 0.3) is 0 Å². The van der Waals surface area contributed by atoms with Crippen LogP contribution >= 0.6 is 0 Å². The normalized spacial score (nSPS) is 35.6. The summed E-state index contributed by atoms with van der Waals surface area (Å²) < 4.78 is 49.9. The lowest BCUT2D eigenvalue weighted by atomic mass is 9.82. The van der Waals surface area contributed by atoms with Crippen LogP contribution in [0.5, 0.6) is 0 Å². The highest BCUT2D eigenvalue weighted by Gasteiger charge is 2.53. The van der Waals surface area contributed by atoms with Crippen molar-refractivity contribution in [3.63, 3.8) is 0 Å². The summed E-state index contributed by atoms with van der Waals surface area (Å²) in [5.41, 5.74) is -0.475. The van der Waals surface area contributed by atoms with Crippen LogP contribution in [0.2, 0.25) is 0 Å². The van der Waals surface area contributed by atoms with Gasteiger partial charge < -0.3 is 67.8 Å². The van der Waals surface area contributed by atoms with E-state index in [0.717, 1.165) is 22.6 Å². The van der Waals surface area contributed by atoms with Crippen LogP contribution in [0.3, 0.4) is 0 Å². The number of hydrogen-bond acceptors (Lipinski definition) is 17. The molecule has 17 nitrogen and oxygen atoms in total. The van der Waals surface area contributed by atoms with Crippen molar-refractivity contribution in [2.75, 3.05) is 41.3 Å². The Kier molecular flexibility index (Phi) is 21.8. The summed E-state index contributed by atoms with van der Waals surface area (Å²) in [6.07, 6.45) is -5.86. The van der Waals surface area contributed by atoms with E-state index in [-0.39, 0.29) is 38.0 Å². The van der Waals surface area contributed by atoms with Crippen molar-refractivity contribution in [3.05, 3.63) is 54.1 Å². The van der Waals surface area contributed by atoms with Crippen molar-refractivity contribution < 1.29 is 72.4 Å². The fourth-order valence-electron chi connectivity index (χ4n) is 10.2. The van der Waals surface area contributed by atoms with Crippen molar-refractivity contribution in [2.45, 2.75) is 185 Å². The van der Waals surface area contributed by atoms with Crippen LogP contribution in [0, 0.1) is 11.8 Å². The molecule has 3 aliphatic rings. The molecule has 0 aromatic heterocycles. The summed E-state index contributed by atoms with van der Waals surface area (Å²) in [7, 11) is 6.84. The van der Waals surface area contributed by atoms with Crippen LogP contribution in [0.25, 0.3) is 16.8 Å². The third-order valence-electron chi connectivity index (χ3n) is 14.0. The molecule has 2 aromatic rings. The molecule has 0 bridgehead atoms. The SMILES string of the molecule is CCC(=O)O[C@@H]1CC(=O)O[C@@H](C/C=C/c2cccc3ccccc23)CCCN(C)C[C@H](O)[C@H](C)C[C@H](CC=O)[C@H](O[C@@H]2OC(C)[C@@H](O[C@H]3CC(C)(O)[C@@H](OC(=O)CC)C(C)O3)C(N(C)C)C2O)[C@H]1OC. The third-order valence-corrected chi connectivity index (χ3v) is 14.0. The predicted octanol–water partition coefficient (Wildman–Crippen LogP) is 5.21. The first-order valence-corrected chi connectivity index (χ1v) is 25.0. The highest BCUT2D eigenvalue weighted by atomic mass is 16.7. The van der Waals surface area contributed by atoms with Gasteiger partial charge in [0.2, 0.25) is 0 Å². The highest BCUT2D eigenvalue weighted by molar-refractivity contribution is 5.90. The quantitative estimate of drug-likeness (QED) is 0.119. The number of methoxy groups -OCH3 is 1. The van der Waals surface area contributed by atoms with Crippen molar-refractivity contribution >= 4 is 41.0 Å². The van der Waals surface area contributed by atoms with Crippen LogP contribution in [0.15, 0.2) is 48.5 Å². The number of cyclic esters (lactones) is 1. The molecule has 5 unspecified atom stereocenters. The van der Waals surface area contributed by atoms with E-state index in [1.165, 1.54) is 7.11 Å². The lowest BCUT2D eigenvalue weighted by molar-refractivity contribution is -0.344. The number of likely N-dealkylation sites (N-methyl/N-ethyl adjacent to an activating group) is 2.